The van der Waals surface area contributed by atoms with E-state index < -0.39 is 0 Å². The van der Waals surface area contributed by atoms with Crippen molar-refractivity contribution in [3.8, 4) is 16.9 Å². The number of para-hydroxylation sites is 1. The fraction of sp³-hybridized carbons (Fsp3) is 0.125. The SMILES string of the molecule is Cn1ccc2cc(-c3cccc4c3NSCO4)ccc21. The van der Waals surface area contributed by atoms with E-state index in [1.807, 2.05) is 12.1 Å². The van der Waals surface area contributed by atoms with Crippen LogP contribution < -0.4 is 9.46 Å². The lowest BCUT2D eigenvalue weighted by Gasteiger charge is -2.21. The van der Waals surface area contributed by atoms with Crippen molar-refractivity contribution in [3.63, 3.8) is 0 Å². The maximum Gasteiger partial charge on any atom is 0.153 e. The zero-order valence-electron chi connectivity index (χ0n) is 11.1. The van der Waals surface area contributed by atoms with E-state index in [1.165, 1.54) is 22.0 Å². The zero-order valence-corrected chi connectivity index (χ0v) is 11.9. The first-order chi connectivity index (χ1) is 9.83. The molecule has 1 aliphatic heterocycles. The molecule has 0 atom stereocenters. The van der Waals surface area contributed by atoms with E-state index in [0.717, 1.165) is 11.4 Å². The quantitative estimate of drug-likeness (QED) is 0.676. The molecule has 100 valence electrons. The molecule has 0 aliphatic carbocycles. The van der Waals surface area contributed by atoms with Gasteiger partial charge in [-0.05, 0) is 41.8 Å². The Labute approximate surface area is 121 Å². The largest absolute Gasteiger partial charge is 0.479 e. The van der Waals surface area contributed by atoms with Crippen molar-refractivity contribution in [3.05, 3.63) is 48.7 Å². The van der Waals surface area contributed by atoms with Crippen LogP contribution in [0.3, 0.4) is 0 Å². The van der Waals surface area contributed by atoms with Gasteiger partial charge in [0.1, 0.15) is 5.75 Å². The van der Waals surface area contributed by atoms with E-state index in [9.17, 15) is 0 Å². The highest BCUT2D eigenvalue weighted by atomic mass is 32.2. The Hall–Kier alpha value is -2.07. The van der Waals surface area contributed by atoms with Crippen LogP contribution in [0.1, 0.15) is 0 Å². The van der Waals surface area contributed by atoms with Gasteiger partial charge in [-0.15, -0.1) is 0 Å². The molecular formula is C16H14N2OS. The summed E-state index contributed by atoms with van der Waals surface area (Å²) in [6.07, 6.45) is 2.09. The summed E-state index contributed by atoms with van der Waals surface area (Å²) < 4.78 is 11.2. The second kappa shape index (κ2) is 4.49. The molecule has 0 radical (unpaired) electrons. The Morgan fingerprint density at radius 2 is 2.15 bits per heavy atom. The van der Waals surface area contributed by atoms with E-state index in [-0.39, 0.29) is 0 Å². The maximum atomic E-state index is 5.67. The highest BCUT2D eigenvalue weighted by molar-refractivity contribution is 8.00. The van der Waals surface area contributed by atoms with Crippen LogP contribution in [-0.2, 0) is 7.05 Å². The Bertz CT molecular complexity index is 794. The minimum Gasteiger partial charge on any atom is -0.479 e. The second-order valence-electron chi connectivity index (χ2n) is 4.89. The van der Waals surface area contributed by atoms with Gasteiger partial charge in [-0.2, -0.15) is 0 Å². The number of hydrogen-bond donors (Lipinski definition) is 1. The van der Waals surface area contributed by atoms with E-state index in [1.54, 1.807) is 11.9 Å². The fourth-order valence-corrected chi connectivity index (χ4v) is 3.24. The second-order valence-corrected chi connectivity index (χ2v) is 5.62. The Morgan fingerprint density at radius 3 is 3.10 bits per heavy atom. The molecule has 3 nitrogen and oxygen atoms in total. The van der Waals surface area contributed by atoms with Crippen molar-refractivity contribution in [2.45, 2.75) is 0 Å². The summed E-state index contributed by atoms with van der Waals surface area (Å²) in [7, 11) is 2.07. The van der Waals surface area contributed by atoms with Crippen LogP contribution >= 0.6 is 11.9 Å². The fourth-order valence-electron chi connectivity index (χ4n) is 2.64. The number of aromatic nitrogens is 1. The van der Waals surface area contributed by atoms with E-state index >= 15 is 0 Å². The third kappa shape index (κ3) is 1.76. The van der Waals surface area contributed by atoms with Gasteiger partial charge in [0.2, 0.25) is 0 Å². The molecule has 0 unspecified atom stereocenters. The first kappa shape index (κ1) is 11.7. The molecule has 0 fully saturated rings. The topological polar surface area (TPSA) is 26.2 Å². The summed E-state index contributed by atoms with van der Waals surface area (Å²) in [5.74, 6) is 1.57. The van der Waals surface area contributed by atoms with Crippen molar-refractivity contribution in [1.82, 2.24) is 4.57 Å². The van der Waals surface area contributed by atoms with Gasteiger partial charge in [0.25, 0.3) is 0 Å². The third-order valence-corrected chi connectivity index (χ3v) is 4.25. The van der Waals surface area contributed by atoms with Gasteiger partial charge in [-0.1, -0.05) is 18.2 Å². The average Bonchev–Trinajstić information content (AvgIpc) is 2.87. The molecule has 4 heteroatoms. The molecule has 0 spiro atoms. The van der Waals surface area contributed by atoms with Gasteiger partial charge in [-0.3, -0.25) is 0 Å². The molecule has 1 aliphatic rings. The molecular weight excluding hydrogens is 268 g/mol. The summed E-state index contributed by atoms with van der Waals surface area (Å²) in [5, 5.41) is 1.26. The number of rotatable bonds is 1. The standard InChI is InChI=1S/C16H14N2OS/c1-18-8-7-12-9-11(5-6-14(12)18)13-3-2-4-15-16(13)17-20-10-19-15/h2-9,17H,10H2,1H3. The van der Waals surface area contributed by atoms with Gasteiger partial charge in [0, 0.05) is 29.7 Å². The number of aryl methyl sites for hydroxylation is 1. The number of benzene rings is 2. The number of fused-ring (bicyclic) bond motifs is 2. The van der Waals surface area contributed by atoms with Gasteiger partial charge in [-0.25, -0.2) is 0 Å². The molecule has 1 N–H and O–H groups in total. The lowest BCUT2D eigenvalue weighted by molar-refractivity contribution is 0.392. The number of hydrogen-bond acceptors (Lipinski definition) is 3. The molecule has 0 saturated heterocycles. The Kier molecular flexibility index (Phi) is 2.63. The number of nitrogens with one attached hydrogen (secondary N) is 1. The average molecular weight is 282 g/mol. The Balaban J connectivity index is 1.90. The van der Waals surface area contributed by atoms with E-state index in [2.05, 4.69) is 52.9 Å². The molecule has 2 heterocycles. The van der Waals surface area contributed by atoms with Gasteiger partial charge in [0.05, 0.1) is 5.69 Å². The molecule has 2 aromatic carbocycles. The monoisotopic (exact) mass is 282 g/mol. The van der Waals surface area contributed by atoms with Crippen molar-refractivity contribution in [1.29, 1.82) is 0 Å². The van der Waals surface area contributed by atoms with Crippen LogP contribution in [0.15, 0.2) is 48.7 Å². The van der Waals surface area contributed by atoms with Crippen molar-refractivity contribution < 1.29 is 4.74 Å². The van der Waals surface area contributed by atoms with Crippen LogP contribution in [0.2, 0.25) is 0 Å². The predicted octanol–water partition coefficient (Wildman–Crippen LogP) is 4.26. The maximum absolute atomic E-state index is 5.67. The third-order valence-electron chi connectivity index (χ3n) is 3.67. The smallest absolute Gasteiger partial charge is 0.153 e. The molecule has 1 aromatic heterocycles. The summed E-state index contributed by atoms with van der Waals surface area (Å²) in [5.41, 5.74) is 4.70. The van der Waals surface area contributed by atoms with Crippen molar-refractivity contribution in [2.24, 2.45) is 7.05 Å². The van der Waals surface area contributed by atoms with Crippen LogP contribution in [0, 0.1) is 0 Å². The normalized spacial score (nSPS) is 13.7. The summed E-state index contributed by atoms with van der Waals surface area (Å²) >= 11 is 1.58. The van der Waals surface area contributed by atoms with Crippen molar-refractivity contribution in [2.75, 3.05) is 10.7 Å². The highest BCUT2D eigenvalue weighted by Gasteiger charge is 2.15. The summed E-state index contributed by atoms with van der Waals surface area (Å²) in [4.78, 5) is 0. The minimum absolute atomic E-state index is 0.647. The van der Waals surface area contributed by atoms with Crippen LogP contribution in [0.5, 0.6) is 5.75 Å². The van der Waals surface area contributed by atoms with Crippen molar-refractivity contribution >= 4 is 28.5 Å². The highest BCUT2D eigenvalue weighted by Crippen LogP contribution is 2.40. The predicted molar refractivity (Wildman–Crippen MR) is 85.1 cm³/mol. The molecule has 0 saturated carbocycles. The van der Waals surface area contributed by atoms with Crippen LogP contribution in [0.25, 0.3) is 22.0 Å². The van der Waals surface area contributed by atoms with Crippen LogP contribution in [-0.4, -0.2) is 10.5 Å². The molecule has 4 rings (SSSR count). The Morgan fingerprint density at radius 1 is 1.20 bits per heavy atom. The van der Waals surface area contributed by atoms with Crippen LogP contribution in [0.4, 0.5) is 5.69 Å². The number of nitrogens with zero attached hydrogens (tertiary/aromatic N) is 1. The van der Waals surface area contributed by atoms with Gasteiger partial charge in [0.15, 0.2) is 5.94 Å². The van der Waals surface area contributed by atoms with Gasteiger partial charge < -0.3 is 14.0 Å². The summed E-state index contributed by atoms with van der Waals surface area (Å²) in [6.45, 7) is 0. The number of anilines is 1. The van der Waals surface area contributed by atoms with E-state index in [0.29, 0.717) is 5.94 Å². The first-order valence-corrected chi connectivity index (χ1v) is 7.50. The first-order valence-electron chi connectivity index (χ1n) is 6.52. The van der Waals surface area contributed by atoms with Gasteiger partial charge >= 0.3 is 0 Å². The number of ether oxygens (including phenoxy) is 1. The minimum atomic E-state index is 0.647. The van der Waals surface area contributed by atoms with E-state index in [4.69, 9.17) is 4.74 Å². The molecule has 0 bridgehead atoms. The molecule has 3 aromatic rings. The lowest BCUT2D eigenvalue weighted by Crippen LogP contribution is -2.06. The molecule has 0 amide bonds. The zero-order chi connectivity index (χ0) is 13.5. The molecule has 20 heavy (non-hydrogen) atoms. The lowest BCUT2D eigenvalue weighted by atomic mass is 10.0. The summed E-state index contributed by atoms with van der Waals surface area (Å²) in [6, 6.07) is 14.9.